The molecular formula is C21H29NO2. The van der Waals surface area contributed by atoms with Crippen molar-refractivity contribution in [1.82, 2.24) is 0 Å². The summed E-state index contributed by atoms with van der Waals surface area (Å²) < 4.78 is 5.49. The summed E-state index contributed by atoms with van der Waals surface area (Å²) in [5.74, 6) is 0.272. The molecule has 0 saturated heterocycles. The van der Waals surface area contributed by atoms with E-state index in [-0.39, 0.29) is 12.0 Å². The Morgan fingerprint density at radius 2 is 1.83 bits per heavy atom. The summed E-state index contributed by atoms with van der Waals surface area (Å²) in [4.78, 5) is 12.5. The molecule has 0 radical (unpaired) electrons. The second kappa shape index (κ2) is 9.31. The zero-order valence-electron chi connectivity index (χ0n) is 15.0. The molecule has 3 nitrogen and oxygen atoms in total. The first kappa shape index (κ1) is 18.3. The van der Waals surface area contributed by atoms with Crippen LogP contribution in [0.2, 0.25) is 0 Å². The number of carbonyl (C=O) groups is 1. The van der Waals surface area contributed by atoms with Crippen LogP contribution in [0.25, 0.3) is 10.8 Å². The average molecular weight is 327 g/mol. The van der Waals surface area contributed by atoms with Crippen molar-refractivity contribution in [3.8, 4) is 0 Å². The number of nitrogens with one attached hydrogen (secondary N) is 1. The Morgan fingerprint density at radius 1 is 1.08 bits per heavy atom. The van der Waals surface area contributed by atoms with E-state index in [1.807, 2.05) is 24.3 Å². The van der Waals surface area contributed by atoms with E-state index in [4.69, 9.17) is 4.74 Å². The Hall–Kier alpha value is -2.03. The van der Waals surface area contributed by atoms with E-state index < -0.39 is 0 Å². The van der Waals surface area contributed by atoms with Crippen LogP contribution in [0.5, 0.6) is 0 Å². The van der Waals surface area contributed by atoms with Crippen molar-refractivity contribution in [1.29, 1.82) is 0 Å². The Labute approximate surface area is 145 Å². The second-order valence-electron chi connectivity index (χ2n) is 6.73. The second-order valence-corrected chi connectivity index (χ2v) is 6.73. The van der Waals surface area contributed by atoms with E-state index in [9.17, 15) is 4.79 Å². The van der Waals surface area contributed by atoms with Gasteiger partial charge in [0.25, 0.3) is 0 Å². The maximum absolute atomic E-state index is 12.5. The lowest BCUT2D eigenvalue weighted by Crippen LogP contribution is -2.33. The van der Waals surface area contributed by atoms with Crippen molar-refractivity contribution in [2.75, 3.05) is 11.9 Å². The molecule has 0 aliphatic rings. The monoisotopic (exact) mass is 327 g/mol. The van der Waals surface area contributed by atoms with Gasteiger partial charge in [-0.25, -0.2) is 4.79 Å². The number of hydrogen-bond acceptors (Lipinski definition) is 3. The van der Waals surface area contributed by atoms with E-state index in [1.165, 1.54) is 5.39 Å². The Kier molecular flexibility index (Phi) is 7.10. The molecule has 24 heavy (non-hydrogen) atoms. The van der Waals surface area contributed by atoms with Gasteiger partial charge in [0.1, 0.15) is 6.04 Å². The van der Waals surface area contributed by atoms with Crippen molar-refractivity contribution in [2.24, 2.45) is 5.92 Å². The molecule has 1 atom stereocenters. The first-order valence-corrected chi connectivity index (χ1v) is 9.02. The van der Waals surface area contributed by atoms with Crippen LogP contribution in [0.1, 0.15) is 46.5 Å². The van der Waals surface area contributed by atoms with Gasteiger partial charge >= 0.3 is 5.97 Å². The van der Waals surface area contributed by atoms with Crippen LogP contribution in [-0.4, -0.2) is 18.6 Å². The zero-order valence-corrected chi connectivity index (χ0v) is 15.0. The molecule has 0 aliphatic heterocycles. The molecule has 2 rings (SSSR count). The largest absolute Gasteiger partial charge is 0.464 e. The van der Waals surface area contributed by atoms with E-state index in [1.54, 1.807) is 0 Å². The molecule has 1 unspecified atom stereocenters. The fourth-order valence-electron chi connectivity index (χ4n) is 2.85. The number of unbranched alkanes of at least 4 members (excludes halogenated alkanes) is 2. The van der Waals surface area contributed by atoms with E-state index in [2.05, 4.69) is 44.3 Å². The summed E-state index contributed by atoms with van der Waals surface area (Å²) in [6.45, 7) is 6.91. The third kappa shape index (κ3) is 5.26. The van der Waals surface area contributed by atoms with Crippen LogP contribution in [0.4, 0.5) is 5.69 Å². The summed E-state index contributed by atoms with van der Waals surface area (Å²) in [5, 5.41) is 5.72. The molecule has 0 aromatic heterocycles. The minimum atomic E-state index is -0.308. The highest BCUT2D eigenvalue weighted by Crippen LogP contribution is 2.25. The number of ether oxygens (including phenoxy) is 1. The Balaban J connectivity index is 2.11. The van der Waals surface area contributed by atoms with Crippen LogP contribution in [0, 0.1) is 5.92 Å². The van der Waals surface area contributed by atoms with Crippen LogP contribution in [0.15, 0.2) is 42.5 Å². The number of rotatable bonds is 9. The molecule has 0 heterocycles. The predicted octanol–water partition coefficient (Wildman–Crippen LogP) is 5.40. The molecule has 0 aliphatic carbocycles. The lowest BCUT2D eigenvalue weighted by Gasteiger charge is -2.21. The summed E-state index contributed by atoms with van der Waals surface area (Å²) in [6.07, 6.45) is 3.92. The number of anilines is 1. The van der Waals surface area contributed by atoms with Crippen molar-refractivity contribution in [2.45, 2.75) is 52.5 Å². The molecule has 0 saturated carbocycles. The zero-order chi connectivity index (χ0) is 17.4. The van der Waals surface area contributed by atoms with Gasteiger partial charge in [0.05, 0.1) is 6.61 Å². The van der Waals surface area contributed by atoms with Gasteiger partial charge in [0.2, 0.25) is 0 Å². The number of carbonyl (C=O) groups excluding carboxylic acids is 1. The number of esters is 1. The molecule has 2 aromatic carbocycles. The number of benzene rings is 2. The maximum atomic E-state index is 12.5. The van der Waals surface area contributed by atoms with Crippen LogP contribution in [-0.2, 0) is 9.53 Å². The highest BCUT2D eigenvalue weighted by atomic mass is 16.5. The van der Waals surface area contributed by atoms with Gasteiger partial charge in [0.15, 0.2) is 0 Å². The fraction of sp³-hybridized carbons (Fsp3) is 0.476. The average Bonchev–Trinajstić information content (AvgIpc) is 2.58. The highest BCUT2D eigenvalue weighted by Gasteiger charge is 2.21. The van der Waals surface area contributed by atoms with E-state index >= 15 is 0 Å². The smallest absolute Gasteiger partial charge is 0.328 e. The number of hydrogen-bond donors (Lipinski definition) is 1. The summed E-state index contributed by atoms with van der Waals surface area (Å²) in [7, 11) is 0. The molecule has 0 spiro atoms. The van der Waals surface area contributed by atoms with Gasteiger partial charge in [-0.2, -0.15) is 0 Å². The minimum absolute atomic E-state index is 0.146. The van der Waals surface area contributed by atoms with Gasteiger partial charge < -0.3 is 10.1 Å². The lowest BCUT2D eigenvalue weighted by atomic mass is 10.0. The molecule has 0 amide bonds. The van der Waals surface area contributed by atoms with Crippen molar-refractivity contribution in [3.05, 3.63) is 42.5 Å². The molecule has 3 heteroatoms. The quantitative estimate of drug-likeness (QED) is 0.495. The fourth-order valence-corrected chi connectivity index (χ4v) is 2.85. The van der Waals surface area contributed by atoms with Crippen molar-refractivity contribution >= 4 is 22.4 Å². The van der Waals surface area contributed by atoms with Gasteiger partial charge in [-0.1, -0.05) is 70.0 Å². The minimum Gasteiger partial charge on any atom is -0.464 e. The van der Waals surface area contributed by atoms with Crippen LogP contribution in [0.3, 0.4) is 0 Å². The molecule has 2 aromatic rings. The normalized spacial score (nSPS) is 12.3. The predicted molar refractivity (Wildman–Crippen MR) is 101 cm³/mol. The SMILES string of the molecule is CCCCCOC(=O)C(CC(C)C)Nc1cccc2ccccc12. The molecular weight excluding hydrogens is 298 g/mol. The number of fused-ring (bicyclic) bond motifs is 1. The molecule has 130 valence electrons. The summed E-state index contributed by atoms with van der Waals surface area (Å²) in [5.41, 5.74) is 0.990. The van der Waals surface area contributed by atoms with Gasteiger partial charge in [-0.05, 0) is 30.2 Å². The third-order valence-electron chi connectivity index (χ3n) is 4.10. The first-order chi connectivity index (χ1) is 11.6. The van der Waals surface area contributed by atoms with Crippen LogP contribution < -0.4 is 5.32 Å². The lowest BCUT2D eigenvalue weighted by molar-refractivity contribution is -0.145. The topological polar surface area (TPSA) is 38.3 Å². The Morgan fingerprint density at radius 3 is 2.58 bits per heavy atom. The molecule has 1 N–H and O–H groups in total. The first-order valence-electron chi connectivity index (χ1n) is 9.02. The molecule has 0 fully saturated rings. The van der Waals surface area contributed by atoms with Gasteiger partial charge in [0, 0.05) is 11.1 Å². The van der Waals surface area contributed by atoms with E-state index in [0.29, 0.717) is 12.5 Å². The summed E-state index contributed by atoms with van der Waals surface area (Å²) in [6, 6.07) is 14.0. The van der Waals surface area contributed by atoms with E-state index in [0.717, 1.165) is 36.8 Å². The van der Waals surface area contributed by atoms with Crippen molar-refractivity contribution in [3.63, 3.8) is 0 Å². The highest BCUT2D eigenvalue weighted by molar-refractivity contribution is 5.95. The summed E-state index contributed by atoms with van der Waals surface area (Å²) >= 11 is 0. The third-order valence-corrected chi connectivity index (χ3v) is 4.10. The van der Waals surface area contributed by atoms with Gasteiger partial charge in [-0.15, -0.1) is 0 Å². The van der Waals surface area contributed by atoms with Crippen molar-refractivity contribution < 1.29 is 9.53 Å². The van der Waals surface area contributed by atoms with Gasteiger partial charge in [-0.3, -0.25) is 0 Å². The standard InChI is InChI=1S/C21H29NO2/c1-4-5-8-14-24-21(23)20(15-16(2)3)22-19-13-9-11-17-10-6-7-12-18(17)19/h6-7,9-13,16,20,22H,4-5,8,14-15H2,1-3H3. The Bertz CT molecular complexity index is 646. The molecule has 0 bridgehead atoms. The maximum Gasteiger partial charge on any atom is 0.328 e. The van der Waals surface area contributed by atoms with Crippen LogP contribution >= 0.6 is 0 Å².